The van der Waals surface area contributed by atoms with E-state index in [1.54, 1.807) is 0 Å². The lowest BCUT2D eigenvalue weighted by Crippen LogP contribution is -2.47. The van der Waals surface area contributed by atoms with Crippen LogP contribution in [0.25, 0.3) is 6.08 Å². The second kappa shape index (κ2) is 6.65. The molecule has 1 aliphatic rings. The van der Waals surface area contributed by atoms with Gasteiger partial charge in [-0.1, -0.05) is 58.1 Å². The number of hydrogen-bond acceptors (Lipinski definition) is 1. The molecule has 0 N–H and O–H groups in total. The molecule has 1 aromatic rings. The molecule has 0 radical (unpaired) electrons. The topological polar surface area (TPSA) is 9.23 Å². The van der Waals surface area contributed by atoms with E-state index in [9.17, 15) is 0 Å². The van der Waals surface area contributed by atoms with Crippen LogP contribution in [0.15, 0.2) is 36.9 Å². The minimum atomic E-state index is -1.86. The van der Waals surface area contributed by atoms with E-state index in [1.165, 1.54) is 11.1 Å². The molecule has 0 spiro atoms. The molecule has 0 saturated carbocycles. The molecule has 2 heteroatoms. The van der Waals surface area contributed by atoms with Gasteiger partial charge >= 0.3 is 0 Å². The maximum absolute atomic E-state index is 6.81. The van der Waals surface area contributed by atoms with Gasteiger partial charge in [0.15, 0.2) is 0 Å². The molecule has 1 aliphatic carbocycles. The Labute approximate surface area is 130 Å². The summed E-state index contributed by atoms with van der Waals surface area (Å²) in [7, 11) is -1.86. The monoisotopic (exact) mass is 300 g/mol. The van der Waals surface area contributed by atoms with Crippen molar-refractivity contribution in [3.05, 3.63) is 48.1 Å². The first-order valence-electron chi connectivity index (χ1n) is 8.09. The van der Waals surface area contributed by atoms with E-state index in [0.29, 0.717) is 11.1 Å². The second-order valence-electron chi connectivity index (χ2n) is 6.63. The average Bonchev–Trinajstić information content (AvgIpc) is 2.92. The first kappa shape index (κ1) is 16.1. The van der Waals surface area contributed by atoms with Gasteiger partial charge in [0.25, 0.3) is 8.32 Å². The van der Waals surface area contributed by atoms with Crippen LogP contribution >= 0.6 is 0 Å². The minimum Gasteiger partial charge on any atom is -0.543 e. The van der Waals surface area contributed by atoms with E-state index in [0.717, 1.165) is 24.6 Å². The van der Waals surface area contributed by atoms with Crippen molar-refractivity contribution in [2.75, 3.05) is 0 Å². The highest BCUT2D eigenvalue weighted by atomic mass is 28.4. The predicted octanol–water partition coefficient (Wildman–Crippen LogP) is 5.98. The average molecular weight is 301 g/mol. The lowest BCUT2D eigenvalue weighted by Gasteiger charge is -2.39. The van der Waals surface area contributed by atoms with Gasteiger partial charge < -0.3 is 4.43 Å². The quantitative estimate of drug-likeness (QED) is 0.445. The lowest BCUT2D eigenvalue weighted by molar-refractivity contribution is 0.493. The summed E-state index contributed by atoms with van der Waals surface area (Å²) in [4.78, 5) is 0. The van der Waals surface area contributed by atoms with E-state index in [4.69, 9.17) is 4.43 Å². The summed E-state index contributed by atoms with van der Waals surface area (Å²) < 4.78 is 6.81. The normalized spacial score (nSPS) is 13.8. The largest absolute Gasteiger partial charge is 0.543 e. The lowest BCUT2D eigenvalue weighted by atomic mass is 10.1. The predicted molar refractivity (Wildman–Crippen MR) is 95.4 cm³/mol. The Morgan fingerprint density at radius 1 is 1.24 bits per heavy atom. The number of fused-ring (bicyclic) bond motifs is 1. The zero-order chi connectivity index (χ0) is 15.5. The molecular formula is C19H28OSi. The van der Waals surface area contributed by atoms with Gasteiger partial charge in [-0.05, 0) is 41.6 Å². The molecule has 0 unspecified atom stereocenters. The van der Waals surface area contributed by atoms with Gasteiger partial charge in [0.2, 0.25) is 0 Å². The molecule has 1 aromatic carbocycles. The van der Waals surface area contributed by atoms with Crippen molar-refractivity contribution in [2.24, 2.45) is 0 Å². The van der Waals surface area contributed by atoms with Gasteiger partial charge in [0.05, 0.1) is 0 Å². The Balaban J connectivity index is 2.37. The zero-order valence-corrected chi connectivity index (χ0v) is 14.9. The summed E-state index contributed by atoms with van der Waals surface area (Å²) in [6.07, 6.45) is 8.57. The van der Waals surface area contributed by atoms with Crippen LogP contribution < -0.4 is 4.43 Å². The van der Waals surface area contributed by atoms with Crippen molar-refractivity contribution in [3.63, 3.8) is 0 Å². The highest BCUT2D eigenvalue weighted by Gasteiger charge is 2.43. The fourth-order valence-electron chi connectivity index (χ4n) is 3.41. The van der Waals surface area contributed by atoms with Crippen LogP contribution in [-0.4, -0.2) is 8.32 Å². The van der Waals surface area contributed by atoms with E-state index in [1.807, 2.05) is 6.08 Å². The van der Waals surface area contributed by atoms with Crippen LogP contribution in [0.2, 0.25) is 17.1 Å². The second-order valence-corrected chi connectivity index (χ2v) is 11.6. The first-order valence-corrected chi connectivity index (χ1v) is 10.4. The highest BCUT2D eigenvalue weighted by molar-refractivity contribution is 6.77. The summed E-state index contributed by atoms with van der Waals surface area (Å²) in [5.74, 6) is 1.10. The van der Waals surface area contributed by atoms with E-state index < -0.39 is 8.32 Å². The van der Waals surface area contributed by atoms with Crippen LogP contribution in [0.4, 0.5) is 0 Å². The van der Waals surface area contributed by atoms with Crippen LogP contribution in [0.3, 0.4) is 0 Å². The van der Waals surface area contributed by atoms with Gasteiger partial charge in [-0.2, -0.15) is 0 Å². The molecule has 21 heavy (non-hydrogen) atoms. The number of allylic oxidation sites excluding steroid dienone is 2. The maximum atomic E-state index is 6.81. The van der Waals surface area contributed by atoms with Crippen molar-refractivity contribution in [1.29, 1.82) is 0 Å². The van der Waals surface area contributed by atoms with Gasteiger partial charge in [-0.15, -0.1) is 6.58 Å². The third-order valence-electron chi connectivity index (χ3n) is 4.77. The standard InChI is InChI=1S/C19H28OSi/c1-6-7-14-21(15(2)3,16(4)5)20-19-13-9-11-17-10-8-12-18(17)19/h6,8-9,11-13,15-16H,1,7,10,14H2,2-5H3. The molecule has 0 fully saturated rings. The summed E-state index contributed by atoms with van der Waals surface area (Å²) in [5.41, 5.74) is 3.89. The SMILES string of the molecule is C=CCC[Si](Oc1cccc2c1C=CC2)(C(C)C)C(C)C. The van der Waals surface area contributed by atoms with Crippen molar-refractivity contribution < 1.29 is 4.43 Å². The van der Waals surface area contributed by atoms with Gasteiger partial charge in [0.1, 0.15) is 5.75 Å². The summed E-state index contributed by atoms with van der Waals surface area (Å²) in [5, 5.41) is 0. The molecule has 114 valence electrons. The molecular weight excluding hydrogens is 272 g/mol. The Morgan fingerprint density at radius 2 is 1.95 bits per heavy atom. The number of benzene rings is 1. The van der Waals surface area contributed by atoms with Gasteiger partial charge in [0, 0.05) is 5.56 Å². The van der Waals surface area contributed by atoms with Gasteiger partial charge in [-0.25, -0.2) is 0 Å². The number of hydrogen-bond donors (Lipinski definition) is 0. The third-order valence-corrected chi connectivity index (χ3v) is 10.4. The first-order chi connectivity index (χ1) is 10.0. The molecule has 0 saturated heterocycles. The summed E-state index contributed by atoms with van der Waals surface area (Å²) >= 11 is 0. The van der Waals surface area contributed by atoms with E-state index in [-0.39, 0.29) is 0 Å². The molecule has 2 rings (SSSR count). The third kappa shape index (κ3) is 3.15. The zero-order valence-electron chi connectivity index (χ0n) is 13.9. The van der Waals surface area contributed by atoms with Gasteiger partial charge in [-0.3, -0.25) is 0 Å². The number of rotatable bonds is 7. The molecule has 0 bridgehead atoms. The van der Waals surface area contributed by atoms with Crippen LogP contribution in [-0.2, 0) is 6.42 Å². The smallest absolute Gasteiger partial charge is 0.256 e. The summed E-state index contributed by atoms with van der Waals surface area (Å²) in [6.45, 7) is 13.2. The highest BCUT2D eigenvalue weighted by Crippen LogP contribution is 2.41. The Morgan fingerprint density at radius 3 is 2.57 bits per heavy atom. The Hall–Kier alpha value is -1.28. The van der Waals surface area contributed by atoms with E-state index in [2.05, 4.69) is 64.6 Å². The van der Waals surface area contributed by atoms with Crippen molar-refractivity contribution >= 4 is 14.4 Å². The summed E-state index contributed by atoms with van der Waals surface area (Å²) in [6, 6.07) is 7.64. The van der Waals surface area contributed by atoms with Crippen LogP contribution in [0.1, 0.15) is 45.2 Å². The van der Waals surface area contributed by atoms with Crippen LogP contribution in [0.5, 0.6) is 5.75 Å². The molecule has 0 atom stereocenters. The molecule has 0 heterocycles. The van der Waals surface area contributed by atoms with Crippen LogP contribution in [0, 0.1) is 0 Å². The minimum absolute atomic E-state index is 0.596. The molecule has 0 amide bonds. The Kier molecular flexibility index (Phi) is 5.10. The fraction of sp³-hybridized carbons (Fsp3) is 0.474. The van der Waals surface area contributed by atoms with Crippen molar-refractivity contribution in [3.8, 4) is 5.75 Å². The molecule has 0 aliphatic heterocycles. The van der Waals surface area contributed by atoms with Crippen molar-refractivity contribution in [1.82, 2.24) is 0 Å². The molecule has 1 nitrogen and oxygen atoms in total. The molecule has 0 aromatic heterocycles. The van der Waals surface area contributed by atoms with E-state index >= 15 is 0 Å². The van der Waals surface area contributed by atoms with Crippen molar-refractivity contribution in [2.45, 2.75) is 57.7 Å². The maximum Gasteiger partial charge on any atom is 0.256 e. The fourth-order valence-corrected chi connectivity index (χ4v) is 7.72. The Bertz CT molecular complexity index is 520.